The average molecular weight is 296 g/mol. The lowest BCUT2D eigenvalue weighted by molar-refractivity contribution is -0.139. The van der Waals surface area contributed by atoms with Crippen LogP contribution in [0, 0.1) is 11.8 Å². The maximum Gasteiger partial charge on any atom is 0.226 e. The fraction of sp³-hybridized carbons (Fsp3) is 0.941. The summed E-state index contributed by atoms with van der Waals surface area (Å²) in [6, 6.07) is 0.553. The molecule has 2 aliphatic heterocycles. The van der Waals surface area contributed by atoms with Gasteiger partial charge in [-0.1, -0.05) is 0 Å². The minimum Gasteiger partial charge on any atom is -0.381 e. The molecule has 122 valence electrons. The maximum absolute atomic E-state index is 12.7. The quantitative estimate of drug-likeness (QED) is 0.781. The van der Waals surface area contributed by atoms with Crippen LogP contribution in [0.4, 0.5) is 0 Å². The average Bonchev–Trinajstić information content (AvgIpc) is 2.53. The van der Waals surface area contributed by atoms with E-state index in [0.29, 0.717) is 17.9 Å². The molecular weight excluding hydrogens is 264 g/mol. The topological polar surface area (TPSA) is 32.8 Å². The first-order valence-electron chi connectivity index (χ1n) is 8.72. The van der Waals surface area contributed by atoms with E-state index in [4.69, 9.17) is 4.74 Å². The SMILES string of the molecule is CCOCC1CCN(C(=O)C2CCCN(C(C)C)C2)CC1. The van der Waals surface area contributed by atoms with Gasteiger partial charge in [0.05, 0.1) is 5.92 Å². The van der Waals surface area contributed by atoms with Gasteiger partial charge in [-0.25, -0.2) is 0 Å². The Labute approximate surface area is 129 Å². The molecular formula is C17H32N2O2. The fourth-order valence-electron chi connectivity index (χ4n) is 3.54. The van der Waals surface area contributed by atoms with Crippen LogP contribution >= 0.6 is 0 Å². The second kappa shape index (κ2) is 8.14. The van der Waals surface area contributed by atoms with E-state index in [0.717, 1.165) is 65.1 Å². The van der Waals surface area contributed by atoms with Crippen molar-refractivity contribution in [1.82, 2.24) is 9.80 Å². The number of piperidine rings is 2. The zero-order valence-electron chi connectivity index (χ0n) is 14.0. The van der Waals surface area contributed by atoms with Gasteiger partial charge in [0.2, 0.25) is 5.91 Å². The number of amides is 1. The van der Waals surface area contributed by atoms with E-state index in [1.54, 1.807) is 0 Å². The number of carbonyl (C=O) groups is 1. The Kier molecular flexibility index (Phi) is 6.49. The van der Waals surface area contributed by atoms with Gasteiger partial charge >= 0.3 is 0 Å². The van der Waals surface area contributed by atoms with Crippen LogP contribution in [0.5, 0.6) is 0 Å². The zero-order valence-corrected chi connectivity index (χ0v) is 14.0. The zero-order chi connectivity index (χ0) is 15.2. The van der Waals surface area contributed by atoms with E-state index in [-0.39, 0.29) is 5.92 Å². The van der Waals surface area contributed by atoms with Crippen LogP contribution in [0.2, 0.25) is 0 Å². The van der Waals surface area contributed by atoms with Crippen molar-refractivity contribution in [1.29, 1.82) is 0 Å². The first kappa shape index (κ1) is 16.8. The van der Waals surface area contributed by atoms with Crippen molar-refractivity contribution >= 4 is 5.91 Å². The van der Waals surface area contributed by atoms with Gasteiger partial charge in [0.1, 0.15) is 0 Å². The van der Waals surface area contributed by atoms with Gasteiger partial charge in [0.15, 0.2) is 0 Å². The Morgan fingerprint density at radius 2 is 1.90 bits per heavy atom. The minimum atomic E-state index is 0.226. The number of ether oxygens (including phenoxy) is 1. The molecule has 0 N–H and O–H groups in total. The number of likely N-dealkylation sites (tertiary alicyclic amines) is 2. The molecule has 21 heavy (non-hydrogen) atoms. The maximum atomic E-state index is 12.7. The van der Waals surface area contributed by atoms with Crippen molar-refractivity contribution in [2.45, 2.75) is 52.5 Å². The van der Waals surface area contributed by atoms with Gasteiger partial charge in [-0.15, -0.1) is 0 Å². The van der Waals surface area contributed by atoms with Gasteiger partial charge in [0.25, 0.3) is 0 Å². The summed E-state index contributed by atoms with van der Waals surface area (Å²) in [6.45, 7) is 12.1. The van der Waals surface area contributed by atoms with Crippen LogP contribution in [0.1, 0.15) is 46.5 Å². The van der Waals surface area contributed by atoms with E-state index in [1.165, 1.54) is 0 Å². The molecule has 0 aliphatic carbocycles. The van der Waals surface area contributed by atoms with Crippen LogP contribution in [-0.4, -0.2) is 61.1 Å². The lowest BCUT2D eigenvalue weighted by Crippen LogP contribution is -2.48. The van der Waals surface area contributed by atoms with E-state index >= 15 is 0 Å². The second-order valence-corrected chi connectivity index (χ2v) is 6.86. The Balaban J connectivity index is 1.78. The predicted octanol–water partition coefficient (Wildman–Crippen LogP) is 2.38. The van der Waals surface area contributed by atoms with Crippen LogP contribution in [0.3, 0.4) is 0 Å². The first-order valence-corrected chi connectivity index (χ1v) is 8.72. The summed E-state index contributed by atoms with van der Waals surface area (Å²) in [7, 11) is 0. The number of nitrogens with zero attached hydrogens (tertiary/aromatic N) is 2. The van der Waals surface area contributed by atoms with Crippen molar-refractivity contribution in [3.05, 3.63) is 0 Å². The summed E-state index contributed by atoms with van der Waals surface area (Å²) in [4.78, 5) is 17.3. The molecule has 1 amide bonds. The van der Waals surface area contributed by atoms with Crippen molar-refractivity contribution < 1.29 is 9.53 Å². The number of rotatable bonds is 5. The molecule has 4 nitrogen and oxygen atoms in total. The van der Waals surface area contributed by atoms with E-state index in [1.807, 2.05) is 6.92 Å². The molecule has 1 atom stereocenters. The van der Waals surface area contributed by atoms with Crippen molar-refractivity contribution in [2.24, 2.45) is 11.8 Å². The first-order chi connectivity index (χ1) is 10.1. The van der Waals surface area contributed by atoms with Gasteiger partial charge < -0.3 is 14.5 Å². The molecule has 2 heterocycles. The lowest BCUT2D eigenvalue weighted by atomic mass is 9.92. The predicted molar refractivity (Wildman–Crippen MR) is 85.2 cm³/mol. The van der Waals surface area contributed by atoms with E-state index in [9.17, 15) is 4.79 Å². The third-order valence-corrected chi connectivity index (χ3v) is 5.02. The number of hydrogen-bond acceptors (Lipinski definition) is 3. The smallest absolute Gasteiger partial charge is 0.226 e. The Bertz CT molecular complexity index is 325. The van der Waals surface area contributed by atoms with Crippen LogP contribution < -0.4 is 0 Å². The van der Waals surface area contributed by atoms with Crippen molar-refractivity contribution in [3.63, 3.8) is 0 Å². The molecule has 2 fully saturated rings. The Morgan fingerprint density at radius 1 is 1.19 bits per heavy atom. The van der Waals surface area contributed by atoms with Gasteiger partial charge in [-0.05, 0) is 58.9 Å². The lowest BCUT2D eigenvalue weighted by Gasteiger charge is -2.39. The molecule has 0 bridgehead atoms. The van der Waals surface area contributed by atoms with Gasteiger partial charge in [-0.2, -0.15) is 0 Å². The highest BCUT2D eigenvalue weighted by molar-refractivity contribution is 5.79. The second-order valence-electron chi connectivity index (χ2n) is 6.86. The highest BCUT2D eigenvalue weighted by Crippen LogP contribution is 2.24. The summed E-state index contributed by atoms with van der Waals surface area (Å²) in [5.41, 5.74) is 0. The third-order valence-electron chi connectivity index (χ3n) is 5.02. The van der Waals surface area contributed by atoms with Crippen molar-refractivity contribution in [3.8, 4) is 0 Å². The third kappa shape index (κ3) is 4.68. The molecule has 2 rings (SSSR count). The van der Waals surface area contributed by atoms with Gasteiger partial charge in [-0.3, -0.25) is 4.79 Å². The fourth-order valence-corrected chi connectivity index (χ4v) is 3.54. The molecule has 0 saturated carbocycles. The standard InChI is InChI=1S/C17H32N2O2/c1-4-21-13-15-7-10-18(11-8-15)17(20)16-6-5-9-19(12-16)14(2)3/h14-16H,4-13H2,1-3H3. The van der Waals surface area contributed by atoms with Crippen molar-refractivity contribution in [2.75, 3.05) is 39.4 Å². The normalized spacial score (nSPS) is 25.5. The highest BCUT2D eigenvalue weighted by Gasteiger charge is 2.31. The van der Waals surface area contributed by atoms with Crippen LogP contribution in [-0.2, 0) is 9.53 Å². The Hall–Kier alpha value is -0.610. The van der Waals surface area contributed by atoms with Gasteiger partial charge in [0, 0.05) is 38.9 Å². The monoisotopic (exact) mass is 296 g/mol. The molecule has 4 heteroatoms. The van der Waals surface area contributed by atoms with E-state index < -0.39 is 0 Å². The van der Waals surface area contributed by atoms with Crippen LogP contribution in [0.15, 0.2) is 0 Å². The number of hydrogen-bond donors (Lipinski definition) is 0. The summed E-state index contributed by atoms with van der Waals surface area (Å²) in [5.74, 6) is 1.27. The summed E-state index contributed by atoms with van der Waals surface area (Å²) in [5, 5.41) is 0. The Morgan fingerprint density at radius 3 is 2.52 bits per heavy atom. The van der Waals surface area contributed by atoms with E-state index in [2.05, 4.69) is 23.6 Å². The summed E-state index contributed by atoms with van der Waals surface area (Å²) < 4.78 is 5.52. The molecule has 0 aromatic heterocycles. The van der Waals surface area contributed by atoms with Crippen LogP contribution in [0.25, 0.3) is 0 Å². The summed E-state index contributed by atoms with van der Waals surface area (Å²) >= 11 is 0. The highest BCUT2D eigenvalue weighted by atomic mass is 16.5. The molecule has 0 radical (unpaired) electrons. The summed E-state index contributed by atoms with van der Waals surface area (Å²) in [6.07, 6.45) is 4.44. The largest absolute Gasteiger partial charge is 0.381 e. The molecule has 1 unspecified atom stereocenters. The number of carbonyl (C=O) groups excluding carboxylic acids is 1. The molecule has 2 saturated heterocycles. The molecule has 0 spiro atoms. The molecule has 0 aromatic rings. The molecule has 0 aromatic carbocycles. The minimum absolute atomic E-state index is 0.226. The molecule has 2 aliphatic rings.